The van der Waals surface area contributed by atoms with Crippen LogP contribution >= 0.6 is 23.1 Å². The third kappa shape index (κ3) is 3.63. The van der Waals surface area contributed by atoms with Gasteiger partial charge in [0.15, 0.2) is 16.6 Å². The SMILES string of the molecule is CCOc1ccc2nc(N3C(=O)CS[C@@H]3c3cc(OC)c(OC)c(OC)c3)sc2c1. The fourth-order valence-corrected chi connectivity index (χ4v) is 5.61. The maximum Gasteiger partial charge on any atom is 0.240 e. The van der Waals surface area contributed by atoms with Crippen LogP contribution in [0.1, 0.15) is 17.9 Å². The molecule has 1 aliphatic heterocycles. The molecule has 1 fully saturated rings. The van der Waals surface area contributed by atoms with Gasteiger partial charge < -0.3 is 18.9 Å². The third-order valence-corrected chi connectivity index (χ3v) is 6.94. The largest absolute Gasteiger partial charge is 0.494 e. The molecule has 0 radical (unpaired) electrons. The predicted molar refractivity (Wildman–Crippen MR) is 120 cm³/mol. The van der Waals surface area contributed by atoms with Crippen LogP contribution in [0.15, 0.2) is 30.3 Å². The molecule has 1 aliphatic rings. The molecule has 7 nitrogen and oxygen atoms in total. The van der Waals surface area contributed by atoms with Crippen LogP contribution in [0.3, 0.4) is 0 Å². The molecule has 1 amide bonds. The first-order chi connectivity index (χ1) is 14.6. The smallest absolute Gasteiger partial charge is 0.240 e. The third-order valence-electron chi connectivity index (χ3n) is 4.71. The number of anilines is 1. The van der Waals surface area contributed by atoms with Gasteiger partial charge in [-0.1, -0.05) is 11.3 Å². The summed E-state index contributed by atoms with van der Waals surface area (Å²) in [4.78, 5) is 19.3. The summed E-state index contributed by atoms with van der Waals surface area (Å²) in [5, 5.41) is 0.422. The Morgan fingerprint density at radius 2 is 1.83 bits per heavy atom. The van der Waals surface area contributed by atoms with Gasteiger partial charge in [-0.15, -0.1) is 11.8 Å². The van der Waals surface area contributed by atoms with E-state index in [1.54, 1.807) is 38.0 Å². The first kappa shape index (κ1) is 20.6. The summed E-state index contributed by atoms with van der Waals surface area (Å²) >= 11 is 3.02. The molecule has 0 bridgehead atoms. The maximum absolute atomic E-state index is 12.8. The van der Waals surface area contributed by atoms with Gasteiger partial charge in [0.2, 0.25) is 11.7 Å². The lowest BCUT2D eigenvalue weighted by Gasteiger charge is -2.23. The molecule has 2 aromatic carbocycles. The summed E-state index contributed by atoms with van der Waals surface area (Å²) in [6.45, 7) is 2.55. The van der Waals surface area contributed by atoms with E-state index < -0.39 is 0 Å². The van der Waals surface area contributed by atoms with Crippen molar-refractivity contribution in [3.05, 3.63) is 35.9 Å². The maximum atomic E-state index is 12.8. The summed E-state index contributed by atoms with van der Waals surface area (Å²) in [6, 6.07) is 9.54. The van der Waals surface area contributed by atoms with Gasteiger partial charge in [0.05, 0.1) is 43.9 Å². The van der Waals surface area contributed by atoms with Crippen LogP contribution in [0.4, 0.5) is 5.13 Å². The Labute approximate surface area is 182 Å². The van der Waals surface area contributed by atoms with E-state index in [0.717, 1.165) is 21.5 Å². The van der Waals surface area contributed by atoms with Gasteiger partial charge >= 0.3 is 0 Å². The van der Waals surface area contributed by atoms with E-state index in [-0.39, 0.29) is 11.3 Å². The standard InChI is InChI=1S/C21H22N2O5S2/c1-5-28-13-6-7-14-17(10-13)30-21(22-14)23-18(24)11-29-20(23)12-8-15(25-2)19(27-4)16(9-12)26-3/h6-10,20H,5,11H2,1-4H3/t20-/m1/s1. The number of amides is 1. The number of rotatable bonds is 7. The van der Waals surface area contributed by atoms with Gasteiger partial charge in [-0.05, 0) is 42.8 Å². The Balaban J connectivity index is 1.75. The lowest BCUT2D eigenvalue weighted by molar-refractivity contribution is -0.115. The highest BCUT2D eigenvalue weighted by molar-refractivity contribution is 8.00. The summed E-state index contributed by atoms with van der Waals surface area (Å²) < 4.78 is 23.0. The van der Waals surface area contributed by atoms with Crippen LogP contribution in [0.25, 0.3) is 10.2 Å². The minimum atomic E-state index is -0.238. The number of hydrogen-bond donors (Lipinski definition) is 0. The van der Waals surface area contributed by atoms with Crippen molar-refractivity contribution in [2.24, 2.45) is 0 Å². The second-order valence-electron chi connectivity index (χ2n) is 6.44. The minimum Gasteiger partial charge on any atom is -0.494 e. The molecule has 4 rings (SSSR count). The number of fused-ring (bicyclic) bond motifs is 1. The van der Waals surface area contributed by atoms with Crippen molar-refractivity contribution in [1.82, 2.24) is 4.98 Å². The van der Waals surface area contributed by atoms with E-state index in [2.05, 4.69) is 0 Å². The van der Waals surface area contributed by atoms with E-state index >= 15 is 0 Å². The Morgan fingerprint density at radius 3 is 2.47 bits per heavy atom. The molecule has 9 heteroatoms. The molecular formula is C21H22N2O5S2. The van der Waals surface area contributed by atoms with Crippen molar-refractivity contribution in [2.45, 2.75) is 12.3 Å². The second kappa shape index (κ2) is 8.61. The predicted octanol–water partition coefficient (Wildman–Crippen LogP) is 4.50. The lowest BCUT2D eigenvalue weighted by Crippen LogP contribution is -2.27. The molecule has 1 saturated heterocycles. The Morgan fingerprint density at radius 1 is 1.10 bits per heavy atom. The number of ether oxygens (including phenoxy) is 4. The van der Waals surface area contributed by atoms with Gasteiger partial charge in [0.25, 0.3) is 0 Å². The van der Waals surface area contributed by atoms with Crippen molar-refractivity contribution in [1.29, 1.82) is 0 Å². The summed E-state index contributed by atoms with van der Waals surface area (Å²) in [5.41, 5.74) is 1.72. The van der Waals surface area contributed by atoms with Gasteiger partial charge in [0.1, 0.15) is 11.1 Å². The molecule has 0 N–H and O–H groups in total. The van der Waals surface area contributed by atoms with Crippen molar-refractivity contribution >= 4 is 44.4 Å². The summed E-state index contributed by atoms with van der Waals surface area (Å²) in [6.07, 6.45) is 0. The van der Waals surface area contributed by atoms with Crippen molar-refractivity contribution in [3.8, 4) is 23.0 Å². The molecule has 0 saturated carbocycles. The van der Waals surface area contributed by atoms with E-state index in [9.17, 15) is 4.79 Å². The lowest BCUT2D eigenvalue weighted by atomic mass is 10.1. The molecule has 3 aromatic rings. The highest BCUT2D eigenvalue weighted by Gasteiger charge is 2.37. The zero-order valence-electron chi connectivity index (χ0n) is 17.1. The number of carbonyl (C=O) groups is 1. The zero-order valence-corrected chi connectivity index (χ0v) is 18.8. The van der Waals surface area contributed by atoms with Crippen LogP contribution < -0.4 is 23.8 Å². The molecule has 2 heterocycles. The van der Waals surface area contributed by atoms with E-state index in [4.69, 9.17) is 23.9 Å². The molecule has 0 aliphatic carbocycles. The first-order valence-electron chi connectivity index (χ1n) is 9.36. The second-order valence-corrected chi connectivity index (χ2v) is 8.52. The zero-order chi connectivity index (χ0) is 21.3. The number of aromatic nitrogens is 1. The number of thioether (sulfide) groups is 1. The van der Waals surface area contributed by atoms with E-state index in [0.29, 0.717) is 34.7 Å². The molecule has 1 aromatic heterocycles. The van der Waals surface area contributed by atoms with Crippen LogP contribution in [0.5, 0.6) is 23.0 Å². The fourth-order valence-electron chi connectivity index (χ4n) is 3.37. The monoisotopic (exact) mass is 446 g/mol. The van der Waals surface area contributed by atoms with Gasteiger partial charge in [-0.25, -0.2) is 4.98 Å². The number of benzene rings is 2. The van der Waals surface area contributed by atoms with Gasteiger partial charge in [-0.2, -0.15) is 0 Å². The molecule has 158 valence electrons. The normalized spacial score (nSPS) is 16.2. The van der Waals surface area contributed by atoms with Crippen molar-refractivity contribution in [2.75, 3.05) is 38.6 Å². The number of carbonyl (C=O) groups excluding carboxylic acids is 1. The molecule has 0 unspecified atom stereocenters. The van der Waals surface area contributed by atoms with E-state index in [1.165, 1.54) is 11.3 Å². The Hall–Kier alpha value is -2.65. The summed E-state index contributed by atoms with van der Waals surface area (Å²) in [5.74, 6) is 2.82. The first-order valence-corrected chi connectivity index (χ1v) is 11.2. The number of nitrogens with zero attached hydrogens (tertiary/aromatic N) is 2. The molecule has 30 heavy (non-hydrogen) atoms. The molecular weight excluding hydrogens is 424 g/mol. The minimum absolute atomic E-state index is 0.0165. The number of methoxy groups -OCH3 is 3. The average Bonchev–Trinajstić information content (AvgIpc) is 3.35. The van der Waals surface area contributed by atoms with Crippen molar-refractivity contribution in [3.63, 3.8) is 0 Å². The average molecular weight is 447 g/mol. The van der Waals surface area contributed by atoms with Crippen LogP contribution in [0, 0.1) is 0 Å². The van der Waals surface area contributed by atoms with Crippen molar-refractivity contribution < 1.29 is 23.7 Å². The fraction of sp³-hybridized carbons (Fsp3) is 0.333. The quantitative estimate of drug-likeness (QED) is 0.529. The van der Waals surface area contributed by atoms with Gasteiger partial charge in [0, 0.05) is 0 Å². The Bertz CT molecular complexity index is 1060. The topological polar surface area (TPSA) is 70.1 Å². The highest BCUT2D eigenvalue weighted by atomic mass is 32.2. The summed E-state index contributed by atoms with van der Waals surface area (Å²) in [7, 11) is 4.72. The van der Waals surface area contributed by atoms with Gasteiger partial charge in [-0.3, -0.25) is 9.69 Å². The van der Waals surface area contributed by atoms with Crippen LogP contribution in [-0.4, -0.2) is 44.6 Å². The number of hydrogen-bond acceptors (Lipinski definition) is 8. The van der Waals surface area contributed by atoms with E-state index in [1.807, 2.05) is 37.3 Å². The molecule has 0 spiro atoms. The Kier molecular flexibility index (Phi) is 5.92. The van der Waals surface area contributed by atoms with Crippen LogP contribution in [0.2, 0.25) is 0 Å². The van der Waals surface area contributed by atoms with Crippen LogP contribution in [-0.2, 0) is 4.79 Å². The molecule has 1 atom stereocenters. The highest BCUT2D eigenvalue weighted by Crippen LogP contribution is 2.48. The number of thiazole rings is 1.